The third kappa shape index (κ3) is 3.54. The first-order valence-electron chi connectivity index (χ1n) is 8.33. The van der Waals surface area contributed by atoms with Gasteiger partial charge in [0.2, 0.25) is 5.82 Å². The highest BCUT2D eigenvalue weighted by Crippen LogP contribution is 2.10. The van der Waals surface area contributed by atoms with Crippen LogP contribution in [-0.4, -0.2) is 36.4 Å². The first kappa shape index (κ1) is 18.2. The van der Waals surface area contributed by atoms with E-state index in [9.17, 15) is 14.4 Å². The van der Waals surface area contributed by atoms with Gasteiger partial charge in [-0.05, 0) is 25.5 Å². The summed E-state index contributed by atoms with van der Waals surface area (Å²) in [6.45, 7) is 3.76. The van der Waals surface area contributed by atoms with Gasteiger partial charge in [0, 0.05) is 13.1 Å². The average Bonchev–Trinajstić information content (AvgIpc) is 3.17. The van der Waals surface area contributed by atoms with Crippen molar-refractivity contribution >= 4 is 5.91 Å². The van der Waals surface area contributed by atoms with Gasteiger partial charge in [0.15, 0.2) is 5.69 Å². The Balaban J connectivity index is 2.06. The van der Waals surface area contributed by atoms with Gasteiger partial charge in [0.05, 0.1) is 5.69 Å². The molecule has 0 aliphatic heterocycles. The van der Waals surface area contributed by atoms with Crippen LogP contribution in [0, 0.1) is 0 Å². The molecule has 0 bridgehead atoms. The van der Waals surface area contributed by atoms with Crippen LogP contribution in [0.4, 0.5) is 0 Å². The van der Waals surface area contributed by atoms with E-state index in [0.717, 1.165) is 15.7 Å². The van der Waals surface area contributed by atoms with E-state index in [1.165, 1.54) is 7.05 Å². The predicted octanol–water partition coefficient (Wildman–Crippen LogP) is 0.509. The minimum Gasteiger partial charge on any atom is -0.345 e. The Bertz CT molecular complexity index is 1080. The molecule has 0 saturated carbocycles. The van der Waals surface area contributed by atoms with Crippen molar-refractivity contribution in [3.05, 3.63) is 57.1 Å². The van der Waals surface area contributed by atoms with Crippen molar-refractivity contribution < 1.29 is 9.32 Å². The van der Waals surface area contributed by atoms with Crippen molar-refractivity contribution in [3.63, 3.8) is 0 Å². The van der Waals surface area contributed by atoms with Gasteiger partial charge in [-0.2, -0.15) is 14.8 Å². The number of carbonyl (C=O) groups excluding carboxylic acids is 1. The van der Waals surface area contributed by atoms with E-state index in [-0.39, 0.29) is 23.5 Å². The fourth-order valence-electron chi connectivity index (χ4n) is 2.25. The van der Waals surface area contributed by atoms with Crippen LogP contribution < -0.4 is 16.6 Å². The summed E-state index contributed by atoms with van der Waals surface area (Å²) < 4.78 is 6.90. The topological polar surface area (TPSA) is 125 Å². The maximum Gasteiger partial charge on any atom is 0.351 e. The molecule has 0 fully saturated rings. The molecular weight excluding hydrogens is 352 g/mol. The Hall–Kier alpha value is -3.56. The monoisotopic (exact) mass is 370 g/mol. The molecule has 0 aliphatic rings. The van der Waals surface area contributed by atoms with Gasteiger partial charge in [-0.3, -0.25) is 14.2 Å². The van der Waals surface area contributed by atoms with Gasteiger partial charge >= 0.3 is 17.5 Å². The summed E-state index contributed by atoms with van der Waals surface area (Å²) in [7, 11) is 1.33. The van der Waals surface area contributed by atoms with E-state index < -0.39 is 17.2 Å². The van der Waals surface area contributed by atoms with Crippen LogP contribution in [0.25, 0.3) is 17.2 Å². The molecule has 2 heterocycles. The molecule has 1 N–H and O–H groups in total. The number of benzene rings is 1. The molecule has 140 valence electrons. The largest absolute Gasteiger partial charge is 0.351 e. The molecule has 0 saturated heterocycles. The molecule has 1 unspecified atom stereocenters. The van der Waals surface area contributed by atoms with Crippen molar-refractivity contribution in [2.45, 2.75) is 26.3 Å². The lowest BCUT2D eigenvalue weighted by molar-refractivity contribution is 0.0895. The molecule has 0 radical (unpaired) electrons. The third-order valence-corrected chi connectivity index (χ3v) is 4.00. The highest BCUT2D eigenvalue weighted by Gasteiger charge is 2.22. The number of hydrogen-bond acceptors (Lipinski definition) is 7. The standard InChI is InChI=1S/C17H18N6O4/c1-4-10(2)18-14(24)15-19-13(21-27-15)12-16(25)22(3)17(26)23(20-12)11-8-6-5-7-9-11/h5-10H,4H2,1-3H3,(H,18,24). The fraction of sp³-hybridized carbons (Fsp3) is 0.294. The molecular formula is C17H18N6O4. The first-order chi connectivity index (χ1) is 12.9. The number of hydrogen-bond donors (Lipinski definition) is 1. The van der Waals surface area contributed by atoms with Crippen LogP contribution in [0.5, 0.6) is 0 Å². The lowest BCUT2D eigenvalue weighted by Crippen LogP contribution is -2.40. The van der Waals surface area contributed by atoms with Crippen molar-refractivity contribution in [1.29, 1.82) is 0 Å². The molecule has 27 heavy (non-hydrogen) atoms. The van der Waals surface area contributed by atoms with Crippen molar-refractivity contribution in [2.24, 2.45) is 7.05 Å². The molecule has 10 heteroatoms. The first-order valence-corrected chi connectivity index (χ1v) is 8.33. The van der Waals surface area contributed by atoms with Gasteiger partial charge < -0.3 is 9.84 Å². The Kier molecular flexibility index (Phi) is 4.97. The SMILES string of the molecule is CCC(C)NC(=O)c1nc(-c2nn(-c3ccccc3)c(=O)n(C)c2=O)no1. The molecule has 2 aromatic heterocycles. The zero-order valence-corrected chi connectivity index (χ0v) is 15.0. The highest BCUT2D eigenvalue weighted by atomic mass is 16.5. The van der Waals surface area contributed by atoms with Crippen molar-refractivity contribution in [2.75, 3.05) is 0 Å². The second-order valence-corrected chi connectivity index (χ2v) is 5.95. The quantitative estimate of drug-likeness (QED) is 0.693. The summed E-state index contributed by atoms with van der Waals surface area (Å²) in [6, 6.07) is 8.53. The van der Waals surface area contributed by atoms with E-state index >= 15 is 0 Å². The second kappa shape index (κ2) is 7.36. The van der Waals surface area contributed by atoms with Gasteiger partial charge in [-0.1, -0.05) is 30.3 Å². The molecule has 0 aliphatic carbocycles. The van der Waals surface area contributed by atoms with Crippen molar-refractivity contribution in [3.8, 4) is 17.2 Å². The zero-order chi connectivity index (χ0) is 19.6. The van der Waals surface area contributed by atoms with Crippen LogP contribution in [0.1, 0.15) is 31.0 Å². The molecule has 3 rings (SSSR count). The number of para-hydroxylation sites is 1. The fourth-order valence-corrected chi connectivity index (χ4v) is 2.25. The zero-order valence-electron chi connectivity index (χ0n) is 15.0. The van der Waals surface area contributed by atoms with Gasteiger partial charge in [-0.25, -0.2) is 4.79 Å². The minimum atomic E-state index is -0.693. The van der Waals surface area contributed by atoms with Crippen molar-refractivity contribution in [1.82, 2.24) is 29.8 Å². The molecule has 10 nitrogen and oxygen atoms in total. The van der Waals surface area contributed by atoms with Crippen LogP contribution in [0.3, 0.4) is 0 Å². The number of aromatic nitrogens is 5. The summed E-state index contributed by atoms with van der Waals surface area (Å²) in [6.07, 6.45) is 0.733. The normalized spacial score (nSPS) is 12.0. The summed E-state index contributed by atoms with van der Waals surface area (Å²) in [5.41, 5.74) is -1.04. The predicted molar refractivity (Wildman–Crippen MR) is 95.6 cm³/mol. The number of rotatable bonds is 5. The molecule has 1 amide bonds. The van der Waals surface area contributed by atoms with Crippen LogP contribution in [0.2, 0.25) is 0 Å². The molecule has 3 aromatic rings. The maximum absolute atomic E-state index is 12.4. The summed E-state index contributed by atoms with van der Waals surface area (Å²) >= 11 is 0. The lowest BCUT2D eigenvalue weighted by atomic mass is 10.2. The van der Waals surface area contributed by atoms with Crippen LogP contribution >= 0.6 is 0 Å². The number of nitrogens with zero attached hydrogens (tertiary/aromatic N) is 5. The smallest absolute Gasteiger partial charge is 0.345 e. The average molecular weight is 370 g/mol. The van der Waals surface area contributed by atoms with E-state index in [4.69, 9.17) is 4.52 Å². The van der Waals surface area contributed by atoms with E-state index in [1.807, 2.05) is 13.8 Å². The van der Waals surface area contributed by atoms with Gasteiger partial charge in [0.25, 0.3) is 5.56 Å². The highest BCUT2D eigenvalue weighted by molar-refractivity contribution is 5.90. The Morgan fingerprint density at radius 3 is 2.63 bits per heavy atom. The summed E-state index contributed by atoms with van der Waals surface area (Å²) in [4.78, 5) is 40.9. The Morgan fingerprint density at radius 2 is 1.96 bits per heavy atom. The minimum absolute atomic E-state index is 0.0705. The van der Waals surface area contributed by atoms with Gasteiger partial charge in [0.1, 0.15) is 0 Å². The molecule has 0 spiro atoms. The van der Waals surface area contributed by atoms with Gasteiger partial charge in [-0.15, -0.1) is 0 Å². The van der Waals surface area contributed by atoms with E-state index in [1.54, 1.807) is 30.3 Å². The number of amides is 1. The second-order valence-electron chi connectivity index (χ2n) is 5.95. The third-order valence-electron chi connectivity index (χ3n) is 4.00. The maximum atomic E-state index is 12.4. The summed E-state index contributed by atoms with van der Waals surface area (Å²) in [5.74, 6) is -1.00. The van der Waals surface area contributed by atoms with E-state index in [0.29, 0.717) is 5.69 Å². The van der Waals surface area contributed by atoms with E-state index in [2.05, 4.69) is 20.6 Å². The van der Waals surface area contributed by atoms with Crippen LogP contribution in [-0.2, 0) is 7.05 Å². The molecule has 1 aromatic carbocycles. The van der Waals surface area contributed by atoms with Crippen LogP contribution in [0.15, 0.2) is 44.4 Å². The lowest BCUT2D eigenvalue weighted by Gasteiger charge is -2.08. The molecule has 1 atom stereocenters. The summed E-state index contributed by atoms with van der Waals surface area (Å²) in [5, 5.41) is 10.4. The Labute approximate surface area is 153 Å². The number of carbonyl (C=O) groups is 1. The Morgan fingerprint density at radius 1 is 1.26 bits per heavy atom. The number of nitrogens with one attached hydrogen (secondary N) is 1.